The number of ether oxygens (including phenoxy) is 4. The van der Waals surface area contributed by atoms with Crippen LogP contribution in [0.15, 0.2) is 48.7 Å². The molecule has 46 heavy (non-hydrogen) atoms. The SMILES string of the molecule is COc1cc2cc(C(=O)N3CC(CCl)c4c3cc(NC(=O)OCc3ncc([N+](=O)[O-])n3C)c3ccccc43)[nH]c2c(OC)c1OC. The summed E-state index contributed by atoms with van der Waals surface area (Å²) in [6.07, 6.45) is 0.297. The summed E-state index contributed by atoms with van der Waals surface area (Å²) < 4.78 is 23.2. The Balaban J connectivity index is 1.35. The molecule has 2 N–H and O–H groups in total. The maximum Gasteiger partial charge on any atom is 0.412 e. The molecule has 0 radical (unpaired) electrons. The molecule has 5 aromatic rings. The van der Waals surface area contributed by atoms with Crippen molar-refractivity contribution in [2.45, 2.75) is 12.5 Å². The first-order valence-electron chi connectivity index (χ1n) is 14.0. The number of amides is 2. The molecule has 1 aliphatic rings. The van der Waals surface area contributed by atoms with Crippen molar-refractivity contribution < 1.29 is 33.5 Å². The number of H-pyrrole nitrogens is 1. The average molecular weight is 649 g/mol. The number of hydrogen-bond donors (Lipinski definition) is 2. The van der Waals surface area contributed by atoms with Crippen molar-refractivity contribution in [3.05, 3.63) is 75.9 Å². The molecule has 6 rings (SSSR count). The second kappa shape index (κ2) is 12.1. The molecule has 3 aromatic carbocycles. The van der Waals surface area contributed by atoms with Gasteiger partial charge in [-0.3, -0.25) is 10.1 Å². The number of nitrogens with one attached hydrogen (secondary N) is 2. The number of nitro groups is 1. The van der Waals surface area contributed by atoms with E-state index in [1.807, 2.05) is 24.3 Å². The Bertz CT molecular complexity index is 2020. The lowest BCUT2D eigenvalue weighted by molar-refractivity contribution is -0.391. The van der Waals surface area contributed by atoms with Gasteiger partial charge in [0, 0.05) is 29.1 Å². The van der Waals surface area contributed by atoms with Crippen LogP contribution in [0.25, 0.3) is 21.7 Å². The van der Waals surface area contributed by atoms with Gasteiger partial charge >= 0.3 is 11.9 Å². The highest BCUT2D eigenvalue weighted by atomic mass is 35.5. The van der Waals surface area contributed by atoms with E-state index in [0.717, 1.165) is 22.5 Å². The van der Waals surface area contributed by atoms with E-state index in [2.05, 4.69) is 15.3 Å². The molecule has 0 saturated heterocycles. The first-order valence-corrected chi connectivity index (χ1v) is 14.6. The standard InChI is InChI=1S/C31H29ClN6O8/c1-36-24(33-13-25(36)38(41)42)15-46-31(40)35-20-11-22-26(19-8-6-5-7-18(19)20)17(12-32)14-37(22)30(39)21-9-16-10-23(43-2)28(44-3)29(45-4)27(16)34-21/h5-11,13,17,34H,12,14-15H2,1-4H3,(H,35,40). The predicted molar refractivity (Wildman–Crippen MR) is 171 cm³/mol. The van der Waals surface area contributed by atoms with Crippen molar-refractivity contribution in [2.24, 2.45) is 7.05 Å². The third-order valence-electron chi connectivity index (χ3n) is 8.06. The summed E-state index contributed by atoms with van der Waals surface area (Å²) in [5, 5.41) is 16.1. The van der Waals surface area contributed by atoms with E-state index >= 15 is 0 Å². The third kappa shape index (κ3) is 5.05. The third-order valence-corrected chi connectivity index (χ3v) is 8.44. The number of alkyl halides is 1. The van der Waals surface area contributed by atoms with E-state index in [1.54, 1.807) is 23.1 Å². The molecule has 1 unspecified atom stereocenters. The lowest BCUT2D eigenvalue weighted by atomic mass is 9.95. The molecule has 1 atom stereocenters. The fourth-order valence-corrected chi connectivity index (χ4v) is 6.14. The number of rotatable bonds is 9. The Morgan fingerprint density at radius 3 is 2.50 bits per heavy atom. The lowest BCUT2D eigenvalue weighted by Crippen LogP contribution is -2.30. The predicted octanol–water partition coefficient (Wildman–Crippen LogP) is 5.72. The van der Waals surface area contributed by atoms with Gasteiger partial charge in [-0.25, -0.2) is 14.3 Å². The summed E-state index contributed by atoms with van der Waals surface area (Å²) >= 11 is 6.45. The second-order valence-electron chi connectivity index (χ2n) is 10.5. The number of aromatic nitrogens is 3. The van der Waals surface area contributed by atoms with E-state index in [4.69, 9.17) is 30.5 Å². The fourth-order valence-electron chi connectivity index (χ4n) is 5.89. The van der Waals surface area contributed by atoms with Gasteiger partial charge in [-0.1, -0.05) is 24.3 Å². The van der Waals surface area contributed by atoms with Crippen molar-refractivity contribution in [1.82, 2.24) is 14.5 Å². The van der Waals surface area contributed by atoms with Gasteiger partial charge in [-0.15, -0.1) is 11.6 Å². The quantitative estimate of drug-likeness (QED) is 0.116. The first kappa shape index (κ1) is 30.5. The van der Waals surface area contributed by atoms with Gasteiger partial charge in [0.15, 0.2) is 18.1 Å². The fraction of sp³-hybridized carbons (Fsp3) is 0.258. The van der Waals surface area contributed by atoms with Gasteiger partial charge in [0.05, 0.1) is 45.3 Å². The molecule has 0 bridgehead atoms. The van der Waals surface area contributed by atoms with Crippen LogP contribution < -0.4 is 24.4 Å². The van der Waals surface area contributed by atoms with Gasteiger partial charge in [0.1, 0.15) is 11.9 Å². The minimum absolute atomic E-state index is 0.176. The highest BCUT2D eigenvalue weighted by molar-refractivity contribution is 6.20. The van der Waals surface area contributed by atoms with Crippen molar-refractivity contribution in [1.29, 1.82) is 0 Å². The number of carbonyl (C=O) groups excluding carboxylic acids is 2. The minimum atomic E-state index is -0.800. The zero-order valence-electron chi connectivity index (χ0n) is 25.3. The van der Waals surface area contributed by atoms with E-state index in [0.29, 0.717) is 51.8 Å². The molecule has 2 amide bonds. The van der Waals surface area contributed by atoms with Crippen LogP contribution in [0.2, 0.25) is 0 Å². The molecular formula is C31H29ClN6O8. The smallest absolute Gasteiger partial charge is 0.412 e. The summed E-state index contributed by atoms with van der Waals surface area (Å²) in [5.74, 6) is 0.987. The molecule has 3 heterocycles. The van der Waals surface area contributed by atoms with E-state index in [9.17, 15) is 19.7 Å². The van der Waals surface area contributed by atoms with Crippen LogP contribution in [0.5, 0.6) is 17.2 Å². The average Bonchev–Trinajstić information content (AvgIpc) is 3.77. The Morgan fingerprint density at radius 1 is 1.11 bits per heavy atom. The molecule has 0 aliphatic carbocycles. The topological polar surface area (TPSA) is 163 Å². The number of anilines is 2. The molecular weight excluding hydrogens is 620 g/mol. The molecule has 0 spiro atoms. The number of halogens is 1. The van der Waals surface area contributed by atoms with E-state index < -0.39 is 11.0 Å². The van der Waals surface area contributed by atoms with Gasteiger partial charge in [-0.05, 0) is 34.1 Å². The van der Waals surface area contributed by atoms with Crippen LogP contribution in [0.4, 0.5) is 22.0 Å². The molecule has 0 saturated carbocycles. The summed E-state index contributed by atoms with van der Waals surface area (Å²) in [6, 6.07) is 12.7. The maximum atomic E-state index is 14.1. The zero-order chi connectivity index (χ0) is 32.7. The Labute approximate surface area is 266 Å². The van der Waals surface area contributed by atoms with Crippen molar-refractivity contribution in [3.8, 4) is 17.2 Å². The summed E-state index contributed by atoms with van der Waals surface area (Å²) in [6.45, 7) is 0.0179. The second-order valence-corrected chi connectivity index (χ2v) is 10.8. The molecule has 15 heteroatoms. The molecule has 2 aromatic heterocycles. The summed E-state index contributed by atoms with van der Waals surface area (Å²) in [4.78, 5) is 46.4. The molecule has 14 nitrogen and oxygen atoms in total. The Kier molecular flexibility index (Phi) is 8.04. The largest absolute Gasteiger partial charge is 0.493 e. The van der Waals surface area contributed by atoms with Crippen LogP contribution >= 0.6 is 11.6 Å². The van der Waals surface area contributed by atoms with Crippen LogP contribution in [0.3, 0.4) is 0 Å². The number of benzene rings is 3. The Hall–Kier alpha value is -5.50. The number of nitrogens with zero attached hydrogens (tertiary/aromatic N) is 4. The highest BCUT2D eigenvalue weighted by Gasteiger charge is 2.36. The van der Waals surface area contributed by atoms with E-state index in [-0.39, 0.29) is 36.0 Å². The van der Waals surface area contributed by atoms with E-state index in [1.165, 1.54) is 32.9 Å². The number of carbonyl (C=O) groups is 2. The summed E-state index contributed by atoms with van der Waals surface area (Å²) in [7, 11) is 5.99. The number of imidazole rings is 1. The lowest BCUT2D eigenvalue weighted by Gasteiger charge is -2.19. The maximum absolute atomic E-state index is 14.1. The van der Waals surface area contributed by atoms with Gasteiger partial charge in [0.25, 0.3) is 5.91 Å². The molecule has 1 aliphatic heterocycles. The first-order chi connectivity index (χ1) is 22.2. The molecule has 238 valence electrons. The number of methoxy groups -OCH3 is 3. The summed E-state index contributed by atoms with van der Waals surface area (Å²) in [5.41, 5.74) is 2.75. The van der Waals surface area contributed by atoms with Crippen LogP contribution in [-0.4, -0.2) is 65.2 Å². The Morgan fingerprint density at radius 2 is 1.85 bits per heavy atom. The van der Waals surface area contributed by atoms with Gasteiger partial charge < -0.3 is 38.9 Å². The monoisotopic (exact) mass is 648 g/mol. The zero-order valence-corrected chi connectivity index (χ0v) is 26.0. The van der Waals surface area contributed by atoms with Crippen molar-refractivity contribution >= 4 is 62.5 Å². The van der Waals surface area contributed by atoms with Gasteiger partial charge in [-0.2, -0.15) is 0 Å². The molecule has 0 fully saturated rings. The van der Waals surface area contributed by atoms with Crippen LogP contribution in [-0.2, 0) is 18.4 Å². The van der Waals surface area contributed by atoms with Crippen molar-refractivity contribution in [3.63, 3.8) is 0 Å². The van der Waals surface area contributed by atoms with Crippen LogP contribution in [0, 0.1) is 10.1 Å². The minimum Gasteiger partial charge on any atom is -0.493 e. The normalized spacial score (nSPS) is 13.9. The number of hydrogen-bond acceptors (Lipinski definition) is 9. The van der Waals surface area contributed by atoms with Crippen LogP contribution in [0.1, 0.15) is 27.8 Å². The number of aromatic amines is 1. The number of fused-ring (bicyclic) bond motifs is 4. The van der Waals surface area contributed by atoms with Crippen molar-refractivity contribution in [2.75, 3.05) is 44.0 Å². The highest BCUT2D eigenvalue weighted by Crippen LogP contribution is 2.46. The van der Waals surface area contributed by atoms with Gasteiger partial charge in [0.2, 0.25) is 11.6 Å².